The van der Waals surface area contributed by atoms with Gasteiger partial charge in [-0.25, -0.2) is 0 Å². The molecule has 0 heterocycles. The molecular weight excluding hydrogens is 1290 g/mol. The van der Waals surface area contributed by atoms with E-state index in [0.29, 0.717) is 10.9 Å². The van der Waals surface area contributed by atoms with Crippen LogP contribution in [0.15, 0.2) is 24.3 Å². The first kappa shape index (κ1) is 70.5. The second-order valence-electron chi connectivity index (χ2n) is 5.07. The molecule has 0 bridgehead atoms. The predicted octanol–water partition coefficient (Wildman–Crippen LogP) is -5.20. The quantitative estimate of drug-likeness (QED) is 0.0988. The molecule has 262 valence electrons. The van der Waals surface area contributed by atoms with Crippen LogP contribution in [0.4, 0.5) is 28.2 Å². The number of halogens is 6. The first-order valence-corrected chi connectivity index (χ1v) is 27.8. The molecule has 19 nitrogen and oxygen atoms in total. The Morgan fingerprint density at radius 3 is 0.953 bits per heavy atom. The Labute approximate surface area is 285 Å². The maximum absolute atomic E-state index is 10.9. The van der Waals surface area contributed by atoms with Crippen LogP contribution in [0.5, 0.6) is 11.5 Å². The molecule has 0 fully saturated rings. The second kappa shape index (κ2) is 43.1. The summed E-state index contributed by atoms with van der Waals surface area (Å²) in [6, 6.07) is 7.34. The molecule has 0 aromatic heterocycles. The van der Waals surface area contributed by atoms with Crippen molar-refractivity contribution in [2.75, 3.05) is 0 Å². The van der Waals surface area contributed by atoms with E-state index >= 15 is 0 Å². The summed E-state index contributed by atoms with van der Waals surface area (Å²) in [6.45, 7) is 3.66. The summed E-state index contributed by atoms with van der Waals surface area (Å²) in [7, 11) is 0. The zero-order valence-corrected chi connectivity index (χ0v) is 36.0. The van der Waals surface area contributed by atoms with Crippen molar-refractivity contribution in [2.24, 2.45) is 0 Å². The maximum atomic E-state index is 10.9. The molecule has 0 aliphatic rings. The van der Waals surface area contributed by atoms with Crippen molar-refractivity contribution in [3.05, 3.63) is 35.4 Å². The molecule has 6 radical (unpaired) electrons. The number of aromatic hydroxyl groups is 1. The van der Waals surface area contributed by atoms with Crippen LogP contribution >= 0.6 is 0 Å². The van der Waals surface area contributed by atoms with E-state index in [1.54, 1.807) is 19.1 Å². The van der Waals surface area contributed by atoms with Gasteiger partial charge in [0.15, 0.2) is 0 Å². The van der Waals surface area contributed by atoms with E-state index in [1.807, 2.05) is 19.1 Å². The van der Waals surface area contributed by atoms with Gasteiger partial charge in [-0.05, 0) is 0 Å². The average Bonchev–Trinajstić information content (AvgIpc) is 2.67. The fourth-order valence-electron chi connectivity index (χ4n) is 1.86. The number of hydrogen-bond acceptors (Lipinski definition) is 8. The van der Waals surface area contributed by atoms with Crippen molar-refractivity contribution < 1.29 is 91.7 Å². The molecule has 0 amide bonds. The SMILES string of the molecule is Cc1c(O)c([O][Sb](=[O])[OH])c2ccccc2c1C.F.F.F.F.F.F.[O]=[Sb]([OH])[OH].[O]=[Sb]([OH])[OH].[O]=[Sb]([OH])[OH].[O]=[Sb]([OH])[OH].[O]=[Sb]([OH])[OH]. The Morgan fingerprint density at radius 1 is 0.488 bits per heavy atom. The van der Waals surface area contributed by atoms with Gasteiger partial charge in [-0.1, -0.05) is 0 Å². The Bertz CT molecular complexity index is 1010. The fraction of sp³-hybridized carbons (Fsp3) is 0.167. The van der Waals surface area contributed by atoms with Crippen molar-refractivity contribution in [2.45, 2.75) is 13.8 Å². The minimum absolute atomic E-state index is 0. The summed E-state index contributed by atoms with van der Waals surface area (Å²) in [5.41, 5.74) is 1.61. The minimum atomic E-state index is -3.89. The van der Waals surface area contributed by atoms with Crippen molar-refractivity contribution in [1.82, 2.24) is 0 Å². The molecule has 2 aromatic carbocycles. The standard InChI is InChI=1S/C12H12O2.6FH.11H2O.6O.6Sb/c1-7-8(2)11(13)12(14)10-6-4-3-5-9(7)10;;;;;;;;;;;;;;;;;;;;;;;;;;;;;/h3-6,13-14H,1-2H3;6*1H;11*1H2;;;;;;;;;;;;/q;;;;;;;;;;;;;;;;;;;;;;;;6*+2/p-12. The van der Waals surface area contributed by atoms with Gasteiger partial charge < -0.3 is 0 Å². The molecule has 0 atom stereocenters. The predicted molar refractivity (Wildman–Crippen MR) is 134 cm³/mol. The van der Waals surface area contributed by atoms with Gasteiger partial charge in [0.25, 0.3) is 0 Å². The van der Waals surface area contributed by atoms with E-state index in [1.165, 1.54) is 0 Å². The summed E-state index contributed by atoms with van der Waals surface area (Å²) in [4.78, 5) is 0. The molecule has 2 aromatic rings. The molecule has 0 unspecified atom stereocenters. The van der Waals surface area contributed by atoms with Crippen LogP contribution in [-0.2, 0) is 18.1 Å². The van der Waals surface area contributed by atoms with Crippen LogP contribution in [0.2, 0.25) is 0 Å². The number of rotatable bonds is 2. The zero-order valence-electron chi connectivity index (χ0n) is 20.7. The van der Waals surface area contributed by atoms with Crippen LogP contribution in [0.3, 0.4) is 0 Å². The molecule has 12 N–H and O–H groups in total. The topological polar surface area (TPSA) is 354 Å². The van der Waals surface area contributed by atoms with Crippen LogP contribution in [0.1, 0.15) is 11.1 Å². The number of phenolic OH excluding ortho intramolecular Hbond substituents is 1. The number of aryl methyl sites for hydroxylation is 1. The Kier molecular flexibility index (Phi) is 70.7. The van der Waals surface area contributed by atoms with Gasteiger partial charge in [0.05, 0.1) is 0 Å². The van der Waals surface area contributed by atoms with Crippen molar-refractivity contribution >= 4 is 137 Å². The number of hydrogen-bond donors (Lipinski definition) is 12. The van der Waals surface area contributed by atoms with Gasteiger partial charge in [-0.3, -0.25) is 28.2 Å². The molecule has 43 heavy (non-hydrogen) atoms. The van der Waals surface area contributed by atoms with Crippen LogP contribution in [-0.4, -0.2) is 169 Å². The summed E-state index contributed by atoms with van der Waals surface area (Å²) < 4.78 is 141. The monoisotopic (exact) mass is 1320 g/mol. The Morgan fingerprint density at radius 2 is 0.721 bits per heavy atom. The number of fused-ring (bicyclic) bond motifs is 1. The van der Waals surface area contributed by atoms with Gasteiger partial charge in [0.1, 0.15) is 0 Å². The molecule has 0 aliphatic heterocycles. The van der Waals surface area contributed by atoms with Gasteiger partial charge >= 0.3 is 261 Å². The number of benzene rings is 2. The third-order valence-electron chi connectivity index (χ3n) is 2.88. The average molecular weight is 1320 g/mol. The van der Waals surface area contributed by atoms with Crippen molar-refractivity contribution in [3.63, 3.8) is 0 Å². The van der Waals surface area contributed by atoms with E-state index in [9.17, 15) is 8.12 Å². The zero-order chi connectivity index (χ0) is 30.5. The van der Waals surface area contributed by atoms with Crippen molar-refractivity contribution in [1.29, 1.82) is 0 Å². The normalized spacial score (nSPS) is 7.19. The Balaban J connectivity index is -0.0000000444. The third kappa shape index (κ3) is 55.9. The second-order valence-corrected chi connectivity index (χ2v) is 14.2. The summed E-state index contributed by atoms with van der Waals surface area (Å²) in [6.07, 6.45) is 0. The third-order valence-corrected chi connectivity index (χ3v) is 3.84. The van der Waals surface area contributed by atoms with Crippen LogP contribution in [0, 0.1) is 13.8 Å². The first-order chi connectivity index (χ1) is 16.7. The summed E-state index contributed by atoms with van der Waals surface area (Å²) >= 11 is -22.4. The fourth-order valence-corrected chi connectivity index (χ4v) is 2.83. The van der Waals surface area contributed by atoms with E-state index < -0.39 is 126 Å². The van der Waals surface area contributed by atoms with Gasteiger partial charge in [-0.15, -0.1) is 0 Å². The van der Waals surface area contributed by atoms with Gasteiger partial charge in [0, 0.05) is 0 Å². The van der Waals surface area contributed by atoms with Gasteiger partial charge in [-0.2, -0.15) is 0 Å². The summed E-state index contributed by atoms with van der Waals surface area (Å²) in [5.74, 6) is 0.0600. The molecule has 31 heteroatoms. The van der Waals surface area contributed by atoms with Crippen LogP contribution < -0.4 is 3.02 Å². The van der Waals surface area contributed by atoms with E-state index in [4.69, 9.17) is 55.3 Å². The molecule has 0 saturated carbocycles. The summed E-state index contributed by atoms with van der Waals surface area (Å²) in [5, 5.41) is 11.6. The molecule has 0 saturated heterocycles. The Hall–Kier alpha value is 1.15. The molecule has 0 spiro atoms. The van der Waals surface area contributed by atoms with Gasteiger partial charge in [0.2, 0.25) is 0 Å². The van der Waals surface area contributed by atoms with Crippen molar-refractivity contribution in [3.8, 4) is 11.5 Å². The van der Waals surface area contributed by atoms with E-state index in [2.05, 4.69) is 0 Å². The van der Waals surface area contributed by atoms with Crippen LogP contribution in [0.25, 0.3) is 10.8 Å². The molecule has 2 rings (SSSR count). The first-order valence-electron chi connectivity index (χ1n) is 7.98. The number of phenols is 1. The molecule has 0 aliphatic carbocycles. The van der Waals surface area contributed by atoms with E-state index in [0.717, 1.165) is 10.9 Å². The van der Waals surface area contributed by atoms with E-state index in [-0.39, 0.29) is 39.7 Å². The molecular formula is C12H28F6O19Sb6.